The summed E-state index contributed by atoms with van der Waals surface area (Å²) in [4.78, 5) is 32.7. The third kappa shape index (κ3) is 5.65. The Morgan fingerprint density at radius 1 is 1.07 bits per heavy atom. The second-order valence-corrected chi connectivity index (χ2v) is 7.08. The Labute approximate surface area is 169 Å². The van der Waals surface area contributed by atoms with Gasteiger partial charge in [-0.05, 0) is 61.7 Å². The molecule has 1 unspecified atom stereocenters. The summed E-state index contributed by atoms with van der Waals surface area (Å²) in [5.74, 6) is -0.510. The van der Waals surface area contributed by atoms with Gasteiger partial charge in [-0.1, -0.05) is 18.2 Å². The van der Waals surface area contributed by atoms with Gasteiger partial charge in [-0.25, -0.2) is 4.99 Å². The average Bonchev–Trinajstić information content (AvgIpc) is 2.92. The first-order chi connectivity index (χ1) is 13.8. The quantitative estimate of drug-likeness (QED) is 0.471. The first-order valence-corrected chi connectivity index (χ1v) is 9.23. The van der Waals surface area contributed by atoms with E-state index in [2.05, 4.69) is 25.9 Å². The minimum Gasteiger partial charge on any atom is -0.369 e. The monoisotopic (exact) mass is 392 g/mol. The fourth-order valence-corrected chi connectivity index (χ4v) is 3.07. The van der Waals surface area contributed by atoms with E-state index in [1.165, 1.54) is 0 Å². The van der Waals surface area contributed by atoms with E-state index in [1.54, 1.807) is 0 Å². The fraction of sp³-hybridized carbons (Fsp3) is 0.238. The van der Waals surface area contributed by atoms with Crippen molar-refractivity contribution >= 4 is 35.1 Å². The zero-order valence-electron chi connectivity index (χ0n) is 16.6. The van der Waals surface area contributed by atoms with Gasteiger partial charge in [-0.3, -0.25) is 14.9 Å². The van der Waals surface area contributed by atoms with Gasteiger partial charge < -0.3 is 16.4 Å². The summed E-state index contributed by atoms with van der Waals surface area (Å²) in [5, 5.41) is 8.29. The molecule has 8 heteroatoms. The number of aryl methyl sites for hydroxylation is 3. The number of amides is 2. The largest absolute Gasteiger partial charge is 0.369 e. The van der Waals surface area contributed by atoms with Crippen LogP contribution in [-0.2, 0) is 9.59 Å². The molecule has 3 rings (SSSR count). The van der Waals surface area contributed by atoms with E-state index in [0.717, 1.165) is 22.4 Å². The molecular formula is C21H24N6O2. The Morgan fingerprint density at radius 3 is 2.45 bits per heavy atom. The fourth-order valence-electron chi connectivity index (χ4n) is 3.07. The van der Waals surface area contributed by atoms with E-state index in [4.69, 9.17) is 5.73 Å². The molecule has 0 fully saturated rings. The smallest absolute Gasteiger partial charge is 0.252 e. The van der Waals surface area contributed by atoms with E-state index < -0.39 is 6.04 Å². The highest BCUT2D eigenvalue weighted by atomic mass is 16.2. The SMILES string of the molecule is Cc1cc(C)cc(NC(=O)CC2N=C(/N=C(\N)Nc3cccc(C)c3)NC2=O)c1. The van der Waals surface area contributed by atoms with Crippen LogP contribution in [0.3, 0.4) is 0 Å². The molecule has 0 spiro atoms. The maximum absolute atomic E-state index is 12.3. The second-order valence-electron chi connectivity index (χ2n) is 7.08. The van der Waals surface area contributed by atoms with Crippen LogP contribution in [0.25, 0.3) is 0 Å². The molecule has 1 atom stereocenters. The number of rotatable bonds is 4. The van der Waals surface area contributed by atoms with Crippen LogP contribution in [0.4, 0.5) is 11.4 Å². The normalized spacial score (nSPS) is 16.2. The standard InChI is InChI=1S/C21H24N6O2/c1-12-5-4-6-15(8-12)24-20(22)27-21-25-17(19(29)26-21)11-18(28)23-16-9-13(2)7-14(3)10-16/h4-10,17H,11H2,1-3H3,(H,23,28)(H4,22,24,25,26,27,29). The van der Waals surface area contributed by atoms with E-state index in [0.29, 0.717) is 5.69 Å². The maximum Gasteiger partial charge on any atom is 0.252 e. The predicted molar refractivity (Wildman–Crippen MR) is 115 cm³/mol. The van der Waals surface area contributed by atoms with E-state index in [1.807, 2.05) is 63.2 Å². The summed E-state index contributed by atoms with van der Waals surface area (Å²) in [6.07, 6.45) is -0.0803. The highest BCUT2D eigenvalue weighted by molar-refractivity contribution is 6.11. The van der Waals surface area contributed by atoms with Gasteiger partial charge in [0.15, 0.2) is 0 Å². The van der Waals surface area contributed by atoms with Crippen LogP contribution in [0.1, 0.15) is 23.1 Å². The lowest BCUT2D eigenvalue weighted by Crippen LogP contribution is -2.32. The minimum atomic E-state index is -0.841. The molecule has 0 aromatic heterocycles. The van der Waals surface area contributed by atoms with Gasteiger partial charge in [0.25, 0.3) is 5.91 Å². The number of guanidine groups is 2. The molecule has 0 saturated heterocycles. The van der Waals surface area contributed by atoms with Gasteiger partial charge in [0.1, 0.15) is 6.04 Å². The van der Waals surface area contributed by atoms with Crippen molar-refractivity contribution in [2.24, 2.45) is 15.7 Å². The summed E-state index contributed by atoms with van der Waals surface area (Å²) >= 11 is 0. The van der Waals surface area contributed by atoms with E-state index in [-0.39, 0.29) is 30.2 Å². The Morgan fingerprint density at radius 2 is 1.76 bits per heavy atom. The minimum absolute atomic E-state index is 0.0803. The Hall–Kier alpha value is -3.68. The second kappa shape index (κ2) is 8.55. The third-order valence-electron chi connectivity index (χ3n) is 4.22. The molecule has 1 aliphatic heterocycles. The van der Waals surface area contributed by atoms with Crippen molar-refractivity contribution in [1.82, 2.24) is 5.32 Å². The van der Waals surface area contributed by atoms with Gasteiger partial charge in [-0.2, -0.15) is 4.99 Å². The van der Waals surface area contributed by atoms with Crippen molar-refractivity contribution in [1.29, 1.82) is 0 Å². The van der Waals surface area contributed by atoms with Gasteiger partial charge in [0, 0.05) is 11.4 Å². The lowest BCUT2D eigenvalue weighted by atomic mass is 10.1. The zero-order chi connectivity index (χ0) is 21.0. The molecule has 0 bridgehead atoms. The molecule has 29 heavy (non-hydrogen) atoms. The first kappa shape index (κ1) is 20.1. The van der Waals surface area contributed by atoms with Crippen molar-refractivity contribution < 1.29 is 9.59 Å². The van der Waals surface area contributed by atoms with Crippen molar-refractivity contribution in [3.8, 4) is 0 Å². The molecule has 2 aromatic rings. The first-order valence-electron chi connectivity index (χ1n) is 9.23. The average molecular weight is 392 g/mol. The molecular weight excluding hydrogens is 368 g/mol. The number of nitrogens with two attached hydrogens (primary N) is 1. The topological polar surface area (TPSA) is 121 Å². The van der Waals surface area contributed by atoms with Crippen LogP contribution in [0, 0.1) is 20.8 Å². The Kier molecular flexibility index (Phi) is 5.92. The molecule has 1 heterocycles. The predicted octanol–water partition coefficient (Wildman–Crippen LogP) is 2.22. The molecule has 5 N–H and O–H groups in total. The van der Waals surface area contributed by atoms with Crippen molar-refractivity contribution in [3.63, 3.8) is 0 Å². The van der Waals surface area contributed by atoms with Crippen LogP contribution < -0.4 is 21.7 Å². The number of hydrogen-bond acceptors (Lipinski definition) is 4. The highest BCUT2D eigenvalue weighted by Crippen LogP contribution is 2.15. The molecule has 2 aromatic carbocycles. The van der Waals surface area contributed by atoms with Crippen LogP contribution in [0.2, 0.25) is 0 Å². The van der Waals surface area contributed by atoms with Crippen molar-refractivity contribution in [2.45, 2.75) is 33.2 Å². The van der Waals surface area contributed by atoms with Crippen molar-refractivity contribution in [2.75, 3.05) is 10.6 Å². The maximum atomic E-state index is 12.3. The third-order valence-corrected chi connectivity index (χ3v) is 4.22. The number of carbonyl (C=O) groups is 2. The number of aliphatic imine (C=N–C) groups is 2. The molecule has 2 amide bonds. The number of nitrogens with one attached hydrogen (secondary N) is 3. The van der Waals surface area contributed by atoms with Gasteiger partial charge >= 0.3 is 0 Å². The summed E-state index contributed by atoms with van der Waals surface area (Å²) in [6, 6.07) is 12.5. The molecule has 150 valence electrons. The molecule has 1 aliphatic rings. The van der Waals surface area contributed by atoms with E-state index in [9.17, 15) is 9.59 Å². The van der Waals surface area contributed by atoms with Crippen LogP contribution in [0.5, 0.6) is 0 Å². The van der Waals surface area contributed by atoms with Gasteiger partial charge in [0.2, 0.25) is 17.8 Å². The molecule has 0 saturated carbocycles. The number of carbonyl (C=O) groups excluding carboxylic acids is 2. The lowest BCUT2D eigenvalue weighted by Gasteiger charge is -2.08. The van der Waals surface area contributed by atoms with Crippen LogP contribution >= 0.6 is 0 Å². The Bertz CT molecular complexity index is 992. The number of benzene rings is 2. The summed E-state index contributed by atoms with van der Waals surface area (Å²) in [7, 11) is 0. The number of nitrogens with zero attached hydrogens (tertiary/aromatic N) is 2. The number of anilines is 2. The van der Waals surface area contributed by atoms with Crippen LogP contribution in [0.15, 0.2) is 52.4 Å². The Balaban J connectivity index is 1.62. The van der Waals surface area contributed by atoms with Crippen LogP contribution in [-0.4, -0.2) is 29.8 Å². The summed E-state index contributed by atoms with van der Waals surface area (Å²) in [5.41, 5.74) is 10.5. The molecule has 0 aliphatic carbocycles. The van der Waals surface area contributed by atoms with Crippen molar-refractivity contribution in [3.05, 3.63) is 59.2 Å². The summed E-state index contributed by atoms with van der Waals surface area (Å²) < 4.78 is 0. The molecule has 0 radical (unpaired) electrons. The number of hydrogen-bond donors (Lipinski definition) is 4. The highest BCUT2D eigenvalue weighted by Gasteiger charge is 2.28. The van der Waals surface area contributed by atoms with Gasteiger partial charge in [0.05, 0.1) is 6.42 Å². The van der Waals surface area contributed by atoms with E-state index >= 15 is 0 Å². The van der Waals surface area contributed by atoms with Gasteiger partial charge in [-0.15, -0.1) is 0 Å². The molecule has 8 nitrogen and oxygen atoms in total. The zero-order valence-corrected chi connectivity index (χ0v) is 16.6. The lowest BCUT2D eigenvalue weighted by molar-refractivity contribution is -0.123. The summed E-state index contributed by atoms with van der Waals surface area (Å²) in [6.45, 7) is 5.88.